The van der Waals surface area contributed by atoms with Gasteiger partial charge in [0.05, 0.1) is 26.2 Å². The van der Waals surface area contributed by atoms with Gasteiger partial charge in [-0.25, -0.2) is 4.79 Å². The lowest BCUT2D eigenvalue weighted by Gasteiger charge is -2.32. The summed E-state index contributed by atoms with van der Waals surface area (Å²) in [6.45, 7) is 2.84. The average Bonchev–Trinajstić information content (AvgIpc) is 3.32. The Balaban J connectivity index is 1.72. The number of methoxy groups -OCH3 is 3. The fourth-order valence-electron chi connectivity index (χ4n) is 4.76. The number of nitrogens with one attached hydrogen (secondary N) is 1. The summed E-state index contributed by atoms with van der Waals surface area (Å²) < 4.78 is 22.0. The molecule has 0 unspecified atom stereocenters. The number of esters is 1. The van der Waals surface area contributed by atoms with Crippen molar-refractivity contribution in [3.63, 3.8) is 0 Å². The fourth-order valence-corrected chi connectivity index (χ4v) is 4.76. The van der Waals surface area contributed by atoms with Gasteiger partial charge < -0.3 is 29.2 Å². The Kier molecular flexibility index (Phi) is 10.1. The van der Waals surface area contributed by atoms with E-state index in [2.05, 4.69) is 17.3 Å². The summed E-state index contributed by atoms with van der Waals surface area (Å²) in [4.78, 5) is 28.7. The van der Waals surface area contributed by atoms with Crippen molar-refractivity contribution < 1.29 is 28.5 Å². The van der Waals surface area contributed by atoms with Gasteiger partial charge in [-0.05, 0) is 44.1 Å². The molecule has 0 saturated carbocycles. The first-order valence-electron chi connectivity index (χ1n) is 12.3. The minimum atomic E-state index is -0.842. The summed E-state index contributed by atoms with van der Waals surface area (Å²) in [6.07, 6.45) is 2.10. The van der Waals surface area contributed by atoms with Crippen molar-refractivity contribution >= 4 is 11.9 Å². The van der Waals surface area contributed by atoms with E-state index in [1.165, 1.54) is 0 Å². The van der Waals surface area contributed by atoms with Crippen LogP contribution in [0.25, 0.3) is 0 Å². The first-order valence-corrected chi connectivity index (χ1v) is 12.3. The maximum Gasteiger partial charge on any atom is 0.329 e. The topological polar surface area (TPSA) is 86.3 Å². The lowest BCUT2D eigenvalue weighted by molar-refractivity contribution is -0.150. The molecule has 8 heteroatoms. The molecule has 4 atom stereocenters. The van der Waals surface area contributed by atoms with Gasteiger partial charge in [-0.2, -0.15) is 0 Å². The predicted molar refractivity (Wildman–Crippen MR) is 137 cm³/mol. The molecule has 2 aromatic carbocycles. The highest BCUT2D eigenvalue weighted by Crippen LogP contribution is 2.26. The van der Waals surface area contributed by atoms with E-state index in [-0.39, 0.29) is 24.7 Å². The number of amides is 1. The zero-order valence-corrected chi connectivity index (χ0v) is 21.9. The summed E-state index contributed by atoms with van der Waals surface area (Å²) in [5.74, 6) is 0.0216. The standard InChI is InChI=1S/C28H38N2O6/c1-19(26(35-5)24-12-9-15-30(24)2)27(31)29-23(16-20-10-7-6-8-11-20)28(32)36-18-21-13-14-22(33-3)17-25(21)34-4/h6-8,10-11,13-14,17,19,23-24,26H,9,12,15-16,18H2,1-5H3,(H,29,31)/t19-,23+,24+,26-/m1/s1. The molecule has 36 heavy (non-hydrogen) atoms. The normalized spacial score (nSPS) is 18.2. The van der Waals surface area contributed by atoms with E-state index in [1.807, 2.05) is 37.3 Å². The van der Waals surface area contributed by atoms with E-state index in [4.69, 9.17) is 18.9 Å². The molecule has 1 heterocycles. The van der Waals surface area contributed by atoms with Crippen LogP contribution in [0.2, 0.25) is 0 Å². The maximum absolute atomic E-state index is 13.3. The molecule has 1 aliphatic rings. The number of carbonyl (C=O) groups is 2. The number of nitrogens with zero attached hydrogens (tertiary/aromatic N) is 1. The molecule has 1 N–H and O–H groups in total. The third-order valence-electron chi connectivity index (χ3n) is 6.88. The number of hydrogen-bond donors (Lipinski definition) is 1. The first-order chi connectivity index (χ1) is 17.4. The lowest BCUT2D eigenvalue weighted by atomic mass is 9.94. The van der Waals surface area contributed by atoms with Crippen molar-refractivity contribution in [1.82, 2.24) is 10.2 Å². The van der Waals surface area contributed by atoms with Crippen LogP contribution in [-0.4, -0.2) is 69.9 Å². The van der Waals surface area contributed by atoms with Crippen LogP contribution in [0.5, 0.6) is 11.5 Å². The van der Waals surface area contributed by atoms with Crippen molar-refractivity contribution in [2.24, 2.45) is 5.92 Å². The Bertz CT molecular complexity index is 999. The second-order valence-corrected chi connectivity index (χ2v) is 9.22. The predicted octanol–water partition coefficient (Wildman–Crippen LogP) is 3.22. The third-order valence-corrected chi connectivity index (χ3v) is 6.88. The van der Waals surface area contributed by atoms with Crippen molar-refractivity contribution in [3.05, 3.63) is 59.7 Å². The molecule has 3 rings (SSSR count). The molecular weight excluding hydrogens is 460 g/mol. The van der Waals surface area contributed by atoms with Gasteiger partial charge in [0.15, 0.2) is 0 Å². The minimum absolute atomic E-state index is 0.0102. The van der Waals surface area contributed by atoms with Gasteiger partial charge in [0.1, 0.15) is 24.1 Å². The van der Waals surface area contributed by atoms with Gasteiger partial charge in [0, 0.05) is 31.2 Å². The van der Waals surface area contributed by atoms with Crippen LogP contribution >= 0.6 is 0 Å². The Hall–Kier alpha value is -3.10. The maximum atomic E-state index is 13.3. The number of hydrogen-bond acceptors (Lipinski definition) is 7. The van der Waals surface area contributed by atoms with E-state index in [1.54, 1.807) is 39.5 Å². The lowest BCUT2D eigenvalue weighted by Crippen LogP contribution is -2.51. The molecule has 0 bridgehead atoms. The summed E-state index contributed by atoms with van der Waals surface area (Å²) in [5.41, 5.74) is 1.63. The Morgan fingerprint density at radius 1 is 1.08 bits per heavy atom. The van der Waals surface area contributed by atoms with E-state index >= 15 is 0 Å². The number of ether oxygens (including phenoxy) is 4. The van der Waals surface area contributed by atoms with Crippen molar-refractivity contribution in [1.29, 1.82) is 0 Å². The van der Waals surface area contributed by atoms with E-state index in [0.717, 1.165) is 24.9 Å². The van der Waals surface area contributed by atoms with Crippen LogP contribution in [0.3, 0.4) is 0 Å². The monoisotopic (exact) mass is 498 g/mol. The van der Waals surface area contributed by atoms with Crippen LogP contribution in [0.1, 0.15) is 30.9 Å². The molecule has 1 fully saturated rings. The largest absolute Gasteiger partial charge is 0.497 e. The number of rotatable bonds is 12. The van der Waals surface area contributed by atoms with Crippen LogP contribution in [0.15, 0.2) is 48.5 Å². The second kappa shape index (κ2) is 13.3. The van der Waals surface area contributed by atoms with Gasteiger partial charge in [-0.3, -0.25) is 4.79 Å². The zero-order valence-electron chi connectivity index (χ0n) is 21.9. The Labute approximate surface area is 213 Å². The molecule has 0 radical (unpaired) electrons. The van der Waals surface area contributed by atoms with Crippen molar-refractivity contribution in [2.75, 3.05) is 34.9 Å². The highest BCUT2D eigenvalue weighted by Gasteiger charge is 2.37. The molecule has 1 aliphatic heterocycles. The van der Waals surface area contributed by atoms with E-state index < -0.39 is 17.9 Å². The van der Waals surface area contributed by atoms with Gasteiger partial charge in [-0.15, -0.1) is 0 Å². The van der Waals surface area contributed by atoms with Crippen LogP contribution in [-0.2, 0) is 32.1 Å². The Morgan fingerprint density at radius 3 is 2.44 bits per heavy atom. The Morgan fingerprint density at radius 2 is 1.83 bits per heavy atom. The molecule has 196 valence electrons. The molecule has 0 aromatic heterocycles. The summed E-state index contributed by atoms with van der Waals surface area (Å²) in [6, 6.07) is 14.2. The molecule has 0 aliphatic carbocycles. The van der Waals surface area contributed by atoms with Crippen LogP contribution in [0.4, 0.5) is 0 Å². The van der Waals surface area contributed by atoms with E-state index in [0.29, 0.717) is 23.5 Å². The van der Waals surface area contributed by atoms with Gasteiger partial charge in [-0.1, -0.05) is 37.3 Å². The zero-order chi connectivity index (χ0) is 26.1. The van der Waals surface area contributed by atoms with Gasteiger partial charge in [0.2, 0.25) is 5.91 Å². The molecule has 8 nitrogen and oxygen atoms in total. The number of likely N-dealkylation sites (tertiary alicyclic amines) is 1. The van der Waals surface area contributed by atoms with Crippen LogP contribution < -0.4 is 14.8 Å². The van der Waals surface area contributed by atoms with Crippen LogP contribution in [0, 0.1) is 5.92 Å². The van der Waals surface area contributed by atoms with Gasteiger partial charge >= 0.3 is 5.97 Å². The quantitative estimate of drug-likeness (QED) is 0.450. The summed E-state index contributed by atoms with van der Waals surface area (Å²) in [5, 5.41) is 2.94. The van der Waals surface area contributed by atoms with Crippen molar-refractivity contribution in [3.8, 4) is 11.5 Å². The highest BCUT2D eigenvalue weighted by molar-refractivity contribution is 5.86. The molecule has 1 amide bonds. The number of benzene rings is 2. The molecule has 2 aromatic rings. The number of carbonyl (C=O) groups excluding carboxylic acids is 2. The fraction of sp³-hybridized carbons (Fsp3) is 0.500. The minimum Gasteiger partial charge on any atom is -0.497 e. The second-order valence-electron chi connectivity index (χ2n) is 9.22. The first kappa shape index (κ1) is 27.5. The average molecular weight is 499 g/mol. The highest BCUT2D eigenvalue weighted by atomic mass is 16.5. The van der Waals surface area contributed by atoms with E-state index in [9.17, 15) is 9.59 Å². The third kappa shape index (κ3) is 6.98. The SMILES string of the molecule is COc1ccc(COC(=O)[C@H](Cc2ccccc2)NC(=O)[C@H](C)[C@@H](OC)[C@@H]2CCCN2C)c(OC)c1. The molecular formula is C28H38N2O6. The van der Waals surface area contributed by atoms with Gasteiger partial charge in [0.25, 0.3) is 0 Å². The van der Waals surface area contributed by atoms with Crippen molar-refractivity contribution in [2.45, 2.75) is 51.0 Å². The summed E-state index contributed by atoms with van der Waals surface area (Å²) >= 11 is 0. The number of likely N-dealkylation sites (N-methyl/N-ethyl adjacent to an activating group) is 1. The summed E-state index contributed by atoms with van der Waals surface area (Å²) in [7, 11) is 6.81. The smallest absolute Gasteiger partial charge is 0.329 e. The molecule has 0 spiro atoms. The molecule has 1 saturated heterocycles.